The third-order valence-electron chi connectivity index (χ3n) is 3.22. The van der Waals surface area contributed by atoms with E-state index < -0.39 is 11.7 Å². The van der Waals surface area contributed by atoms with Gasteiger partial charge in [-0.05, 0) is 37.3 Å². The van der Waals surface area contributed by atoms with Gasteiger partial charge in [0.2, 0.25) is 5.91 Å². The molecule has 3 rings (SSSR count). The van der Waals surface area contributed by atoms with Crippen LogP contribution in [0.2, 0.25) is 0 Å². The van der Waals surface area contributed by atoms with E-state index in [9.17, 15) is 14.0 Å². The Morgan fingerprint density at radius 1 is 1.11 bits per heavy atom. The average Bonchev–Trinajstić information content (AvgIpc) is 3.06. The van der Waals surface area contributed by atoms with Gasteiger partial charge in [0.1, 0.15) is 16.6 Å². The standard InChI is InChI=1S/C17H14FN5O3S/c1-10-7-14(23-26-10)19-15(24)9-27-16-6-5-13(21-22-16)20-17(25)11-3-2-4-12(18)8-11/h2-8H,9H2,1H3,(H,19,23,24)(H,20,21,25). The summed E-state index contributed by atoms with van der Waals surface area (Å²) in [4.78, 5) is 23.9. The molecular formula is C17H14FN5O3S. The number of hydrogen-bond acceptors (Lipinski definition) is 7. The maximum absolute atomic E-state index is 13.2. The number of aryl methyl sites for hydroxylation is 1. The molecule has 0 bridgehead atoms. The molecule has 3 aromatic rings. The minimum Gasteiger partial charge on any atom is -0.360 e. The summed E-state index contributed by atoms with van der Waals surface area (Å²) in [6, 6.07) is 10.1. The molecule has 0 aliphatic heterocycles. The van der Waals surface area contributed by atoms with E-state index in [2.05, 4.69) is 26.0 Å². The van der Waals surface area contributed by atoms with Crippen molar-refractivity contribution in [2.45, 2.75) is 11.9 Å². The largest absolute Gasteiger partial charge is 0.360 e. The lowest BCUT2D eigenvalue weighted by molar-refractivity contribution is -0.113. The van der Waals surface area contributed by atoms with Gasteiger partial charge in [-0.15, -0.1) is 10.2 Å². The van der Waals surface area contributed by atoms with Crippen LogP contribution in [-0.4, -0.2) is 32.9 Å². The first kappa shape index (κ1) is 18.5. The number of nitrogens with one attached hydrogen (secondary N) is 2. The van der Waals surface area contributed by atoms with Gasteiger partial charge in [0.05, 0.1) is 5.75 Å². The van der Waals surface area contributed by atoms with Crippen molar-refractivity contribution in [1.29, 1.82) is 0 Å². The van der Waals surface area contributed by atoms with Crippen molar-refractivity contribution in [3.63, 3.8) is 0 Å². The van der Waals surface area contributed by atoms with Crippen LogP contribution in [0.3, 0.4) is 0 Å². The number of anilines is 2. The zero-order valence-electron chi connectivity index (χ0n) is 14.1. The summed E-state index contributed by atoms with van der Waals surface area (Å²) in [5.74, 6) is 0.00954. The molecular weight excluding hydrogens is 373 g/mol. The summed E-state index contributed by atoms with van der Waals surface area (Å²) in [6.07, 6.45) is 0. The Bertz CT molecular complexity index is 961. The smallest absolute Gasteiger partial charge is 0.256 e. The van der Waals surface area contributed by atoms with E-state index in [-0.39, 0.29) is 23.0 Å². The number of halogens is 1. The first-order valence-corrected chi connectivity index (χ1v) is 8.75. The number of aromatic nitrogens is 3. The van der Waals surface area contributed by atoms with Crippen molar-refractivity contribution in [2.75, 3.05) is 16.4 Å². The molecule has 0 atom stereocenters. The Morgan fingerprint density at radius 2 is 1.96 bits per heavy atom. The van der Waals surface area contributed by atoms with Crippen molar-refractivity contribution in [2.24, 2.45) is 0 Å². The van der Waals surface area contributed by atoms with Gasteiger partial charge >= 0.3 is 0 Å². The van der Waals surface area contributed by atoms with Crippen molar-refractivity contribution in [1.82, 2.24) is 15.4 Å². The van der Waals surface area contributed by atoms with E-state index in [1.807, 2.05) is 0 Å². The van der Waals surface area contributed by atoms with Crippen LogP contribution in [0.15, 0.2) is 52.0 Å². The molecule has 0 unspecified atom stereocenters. The second kappa shape index (κ2) is 8.41. The fourth-order valence-electron chi connectivity index (χ4n) is 2.03. The first-order chi connectivity index (χ1) is 13.0. The molecule has 1 aromatic carbocycles. The highest BCUT2D eigenvalue weighted by Crippen LogP contribution is 2.17. The Kier molecular flexibility index (Phi) is 5.77. The minimum absolute atomic E-state index is 0.107. The number of rotatable bonds is 6. The van der Waals surface area contributed by atoms with Crippen molar-refractivity contribution < 1.29 is 18.5 Å². The summed E-state index contributed by atoms with van der Waals surface area (Å²) >= 11 is 1.17. The van der Waals surface area contributed by atoms with Crippen molar-refractivity contribution in [3.05, 3.63) is 59.6 Å². The van der Waals surface area contributed by atoms with E-state index in [1.165, 1.54) is 30.0 Å². The zero-order chi connectivity index (χ0) is 19.2. The van der Waals surface area contributed by atoms with Gasteiger partial charge in [-0.2, -0.15) is 0 Å². The number of carbonyl (C=O) groups excluding carboxylic acids is 2. The number of carbonyl (C=O) groups is 2. The summed E-state index contributed by atoms with van der Waals surface area (Å²) < 4.78 is 18.0. The topological polar surface area (TPSA) is 110 Å². The quantitative estimate of drug-likeness (QED) is 0.626. The molecule has 2 amide bonds. The summed E-state index contributed by atoms with van der Waals surface area (Å²) in [7, 11) is 0. The molecule has 2 aromatic heterocycles. The molecule has 2 N–H and O–H groups in total. The molecule has 0 aliphatic carbocycles. The van der Waals surface area contributed by atoms with Gasteiger partial charge in [-0.25, -0.2) is 4.39 Å². The molecule has 0 saturated carbocycles. The van der Waals surface area contributed by atoms with Crippen LogP contribution in [0.4, 0.5) is 16.0 Å². The van der Waals surface area contributed by atoms with Crippen LogP contribution in [0.1, 0.15) is 16.1 Å². The lowest BCUT2D eigenvalue weighted by Crippen LogP contribution is -2.15. The Balaban J connectivity index is 1.51. The van der Waals surface area contributed by atoms with E-state index in [1.54, 1.807) is 25.1 Å². The summed E-state index contributed by atoms with van der Waals surface area (Å²) in [5, 5.41) is 17.1. The molecule has 0 saturated heterocycles. The highest BCUT2D eigenvalue weighted by atomic mass is 32.2. The Labute approximate surface area is 157 Å². The number of hydrogen-bond donors (Lipinski definition) is 2. The van der Waals surface area contributed by atoms with Crippen molar-refractivity contribution in [3.8, 4) is 0 Å². The van der Waals surface area contributed by atoms with Crippen LogP contribution >= 0.6 is 11.8 Å². The molecule has 10 heteroatoms. The van der Waals surface area contributed by atoms with Gasteiger partial charge in [-0.3, -0.25) is 9.59 Å². The third-order valence-corrected chi connectivity index (χ3v) is 4.14. The predicted molar refractivity (Wildman–Crippen MR) is 97.0 cm³/mol. The fourth-order valence-corrected chi connectivity index (χ4v) is 2.64. The molecule has 0 spiro atoms. The third kappa shape index (κ3) is 5.35. The predicted octanol–water partition coefficient (Wildman–Crippen LogP) is 2.90. The number of thioether (sulfide) groups is 1. The molecule has 138 valence electrons. The maximum atomic E-state index is 13.2. The number of amides is 2. The Morgan fingerprint density at radius 3 is 2.63 bits per heavy atom. The van der Waals surface area contributed by atoms with Gasteiger partial charge in [0, 0.05) is 11.6 Å². The van der Waals surface area contributed by atoms with Crippen LogP contribution in [0, 0.1) is 12.7 Å². The molecule has 0 aliphatic rings. The van der Waals surface area contributed by atoms with Crippen LogP contribution in [0.25, 0.3) is 0 Å². The second-order valence-electron chi connectivity index (χ2n) is 5.38. The molecule has 0 fully saturated rings. The highest BCUT2D eigenvalue weighted by molar-refractivity contribution is 7.99. The van der Waals surface area contributed by atoms with Gasteiger partial charge in [0.15, 0.2) is 11.6 Å². The van der Waals surface area contributed by atoms with Gasteiger partial charge in [0.25, 0.3) is 5.91 Å². The lowest BCUT2D eigenvalue weighted by Gasteiger charge is -2.05. The average molecular weight is 387 g/mol. The fraction of sp³-hybridized carbons (Fsp3) is 0.118. The van der Waals surface area contributed by atoms with Gasteiger partial charge < -0.3 is 15.2 Å². The van der Waals surface area contributed by atoms with E-state index >= 15 is 0 Å². The normalized spacial score (nSPS) is 10.4. The zero-order valence-corrected chi connectivity index (χ0v) is 14.9. The molecule has 0 radical (unpaired) electrons. The summed E-state index contributed by atoms with van der Waals surface area (Å²) in [6.45, 7) is 1.72. The van der Waals surface area contributed by atoms with E-state index in [0.717, 1.165) is 6.07 Å². The number of benzene rings is 1. The van der Waals surface area contributed by atoms with Crippen LogP contribution < -0.4 is 10.6 Å². The SMILES string of the molecule is Cc1cc(NC(=O)CSc2ccc(NC(=O)c3cccc(F)c3)nn2)no1. The Hall–Kier alpha value is -3.27. The van der Waals surface area contributed by atoms with E-state index in [0.29, 0.717) is 16.6 Å². The molecule has 27 heavy (non-hydrogen) atoms. The van der Waals surface area contributed by atoms with Crippen LogP contribution in [0.5, 0.6) is 0 Å². The lowest BCUT2D eigenvalue weighted by atomic mass is 10.2. The van der Waals surface area contributed by atoms with E-state index in [4.69, 9.17) is 4.52 Å². The second-order valence-corrected chi connectivity index (χ2v) is 6.38. The number of nitrogens with zero attached hydrogens (tertiary/aromatic N) is 3. The minimum atomic E-state index is -0.500. The highest BCUT2D eigenvalue weighted by Gasteiger charge is 2.10. The van der Waals surface area contributed by atoms with Gasteiger partial charge in [-0.1, -0.05) is 23.0 Å². The maximum Gasteiger partial charge on any atom is 0.256 e. The molecule has 8 nitrogen and oxygen atoms in total. The molecule has 2 heterocycles. The van der Waals surface area contributed by atoms with Crippen LogP contribution in [-0.2, 0) is 4.79 Å². The summed E-state index contributed by atoms with van der Waals surface area (Å²) in [5.41, 5.74) is 0.176. The first-order valence-electron chi connectivity index (χ1n) is 7.76. The monoisotopic (exact) mass is 387 g/mol. The van der Waals surface area contributed by atoms with Crippen molar-refractivity contribution >= 4 is 35.2 Å².